The van der Waals surface area contributed by atoms with Crippen LogP contribution in [0.4, 0.5) is 5.69 Å². The molecule has 28 heavy (non-hydrogen) atoms. The number of hydrogen-bond donors (Lipinski definition) is 2. The number of piperidine rings is 2. The maximum Gasteiger partial charge on any atom is 0.270 e. The second-order valence-corrected chi connectivity index (χ2v) is 9.28. The third-order valence-corrected chi connectivity index (χ3v) is 7.13. The lowest BCUT2D eigenvalue weighted by molar-refractivity contribution is 0.0530. The Morgan fingerprint density at radius 2 is 2.14 bits per heavy atom. The summed E-state index contributed by atoms with van der Waals surface area (Å²) in [6.45, 7) is 2.16. The van der Waals surface area contributed by atoms with Crippen molar-refractivity contribution in [3.05, 3.63) is 17.3 Å². The molecule has 2 aromatic heterocycles. The van der Waals surface area contributed by atoms with E-state index in [1.165, 1.54) is 19.3 Å². The Morgan fingerprint density at radius 3 is 2.89 bits per heavy atom. The van der Waals surface area contributed by atoms with Crippen LogP contribution < -0.4 is 10.6 Å². The first-order chi connectivity index (χ1) is 13.6. The SMILES string of the molecule is CCCCc1noc(-c2sccc2NC(=S)N[C@H]2C[C@H]3CCC[C@@H](C2)N3C)n1. The predicted octanol–water partition coefficient (Wildman–Crippen LogP) is 4.44. The van der Waals surface area contributed by atoms with E-state index in [-0.39, 0.29) is 0 Å². The average molecular weight is 420 g/mol. The van der Waals surface area contributed by atoms with Gasteiger partial charge in [-0.15, -0.1) is 11.3 Å². The van der Waals surface area contributed by atoms with Gasteiger partial charge in [0.15, 0.2) is 10.9 Å². The van der Waals surface area contributed by atoms with Crippen LogP contribution in [0, 0.1) is 0 Å². The Bertz CT molecular complexity index is 790. The molecule has 2 fully saturated rings. The maximum atomic E-state index is 5.62. The molecule has 2 saturated heterocycles. The molecular formula is C20H29N5OS2. The molecule has 0 amide bonds. The van der Waals surface area contributed by atoms with Crippen molar-refractivity contribution in [3.63, 3.8) is 0 Å². The second kappa shape index (κ2) is 8.88. The minimum absolute atomic E-state index is 0.442. The molecule has 0 radical (unpaired) electrons. The van der Waals surface area contributed by atoms with Gasteiger partial charge in [-0.2, -0.15) is 4.98 Å². The van der Waals surface area contributed by atoms with Crippen LogP contribution in [-0.2, 0) is 6.42 Å². The minimum Gasteiger partial charge on any atom is -0.360 e. The molecule has 2 bridgehead atoms. The minimum atomic E-state index is 0.442. The van der Waals surface area contributed by atoms with E-state index in [4.69, 9.17) is 16.7 Å². The number of unbranched alkanes of at least 4 members (excludes halogenated alkanes) is 1. The van der Waals surface area contributed by atoms with Crippen LogP contribution in [0.2, 0.25) is 0 Å². The number of aryl methyl sites for hydroxylation is 1. The number of fused-ring (bicyclic) bond motifs is 2. The highest BCUT2D eigenvalue weighted by atomic mass is 32.1. The Morgan fingerprint density at radius 1 is 1.36 bits per heavy atom. The van der Waals surface area contributed by atoms with Crippen LogP contribution in [0.3, 0.4) is 0 Å². The fraction of sp³-hybridized carbons (Fsp3) is 0.650. The van der Waals surface area contributed by atoms with Crippen molar-refractivity contribution >= 4 is 34.4 Å². The summed E-state index contributed by atoms with van der Waals surface area (Å²) in [5.74, 6) is 1.34. The lowest BCUT2D eigenvalue weighted by Gasteiger charge is -2.47. The van der Waals surface area contributed by atoms with Gasteiger partial charge in [0.25, 0.3) is 5.89 Å². The number of thiocarbonyl (C=S) groups is 1. The normalized spacial score (nSPS) is 24.9. The molecule has 8 heteroatoms. The highest BCUT2D eigenvalue weighted by Crippen LogP contribution is 2.34. The highest BCUT2D eigenvalue weighted by Gasteiger charge is 2.36. The smallest absolute Gasteiger partial charge is 0.270 e. The van der Waals surface area contributed by atoms with Crippen molar-refractivity contribution in [2.45, 2.75) is 76.4 Å². The van der Waals surface area contributed by atoms with Gasteiger partial charge in [-0.05, 0) is 62.8 Å². The first-order valence-corrected chi connectivity index (χ1v) is 11.6. The Hall–Kier alpha value is -1.51. The number of anilines is 1. The zero-order chi connectivity index (χ0) is 19.5. The molecule has 2 N–H and O–H groups in total. The largest absolute Gasteiger partial charge is 0.360 e. The Balaban J connectivity index is 1.37. The van der Waals surface area contributed by atoms with Gasteiger partial charge in [0.2, 0.25) is 0 Å². The van der Waals surface area contributed by atoms with Crippen molar-refractivity contribution in [1.29, 1.82) is 0 Å². The predicted molar refractivity (Wildman–Crippen MR) is 118 cm³/mol. The zero-order valence-corrected chi connectivity index (χ0v) is 18.2. The van der Waals surface area contributed by atoms with Crippen molar-refractivity contribution in [2.24, 2.45) is 0 Å². The van der Waals surface area contributed by atoms with E-state index in [2.05, 4.69) is 39.6 Å². The lowest BCUT2D eigenvalue weighted by Crippen LogP contribution is -2.55. The van der Waals surface area contributed by atoms with E-state index >= 15 is 0 Å². The quantitative estimate of drug-likeness (QED) is 0.671. The van der Waals surface area contributed by atoms with Crippen LogP contribution in [0.25, 0.3) is 10.8 Å². The standard InChI is InChI=1S/C20H29N5OS2/c1-3-4-8-17-23-19(26-24-17)18-16(9-10-28-18)22-20(27)21-13-11-14-6-5-7-15(12-13)25(14)2/h9-10,13-15H,3-8,11-12H2,1-2H3,(H2,21,22,27)/t13-,14+,15-. The molecule has 6 nitrogen and oxygen atoms in total. The van der Waals surface area contributed by atoms with Gasteiger partial charge in [0, 0.05) is 24.5 Å². The topological polar surface area (TPSA) is 66.2 Å². The van der Waals surface area contributed by atoms with E-state index in [0.29, 0.717) is 29.1 Å². The van der Waals surface area contributed by atoms with Crippen LogP contribution in [0.15, 0.2) is 16.0 Å². The molecule has 0 aliphatic carbocycles. The summed E-state index contributed by atoms with van der Waals surface area (Å²) in [5, 5.41) is 13.7. The van der Waals surface area contributed by atoms with E-state index < -0.39 is 0 Å². The number of nitrogens with zero attached hydrogens (tertiary/aromatic N) is 3. The molecule has 0 unspecified atom stereocenters. The molecule has 152 valence electrons. The third kappa shape index (κ3) is 4.39. The fourth-order valence-corrected chi connectivity index (χ4v) is 5.48. The molecule has 4 rings (SSSR count). The van der Waals surface area contributed by atoms with E-state index in [1.807, 2.05) is 11.4 Å². The fourth-order valence-electron chi connectivity index (χ4n) is 4.43. The molecule has 4 heterocycles. The maximum absolute atomic E-state index is 5.62. The van der Waals surface area contributed by atoms with Gasteiger partial charge in [0.05, 0.1) is 5.69 Å². The molecular weight excluding hydrogens is 390 g/mol. The molecule has 0 saturated carbocycles. The van der Waals surface area contributed by atoms with Crippen LogP contribution in [0.1, 0.15) is 57.7 Å². The average Bonchev–Trinajstić information content (AvgIpc) is 3.30. The second-order valence-electron chi connectivity index (χ2n) is 7.95. The van der Waals surface area contributed by atoms with Crippen LogP contribution >= 0.6 is 23.6 Å². The Labute approximate surface area is 176 Å². The molecule has 3 atom stereocenters. The van der Waals surface area contributed by atoms with E-state index in [9.17, 15) is 0 Å². The van der Waals surface area contributed by atoms with Gasteiger partial charge in [-0.25, -0.2) is 0 Å². The summed E-state index contributed by atoms with van der Waals surface area (Å²) in [5.41, 5.74) is 0.932. The summed E-state index contributed by atoms with van der Waals surface area (Å²) < 4.78 is 5.48. The van der Waals surface area contributed by atoms with Crippen LogP contribution in [0.5, 0.6) is 0 Å². The van der Waals surface area contributed by atoms with Crippen molar-refractivity contribution in [1.82, 2.24) is 20.4 Å². The monoisotopic (exact) mass is 419 g/mol. The molecule has 2 aliphatic rings. The van der Waals surface area contributed by atoms with E-state index in [0.717, 1.165) is 48.5 Å². The molecule has 0 aromatic carbocycles. The number of aromatic nitrogens is 2. The number of nitrogens with one attached hydrogen (secondary N) is 2. The number of thiophene rings is 1. The van der Waals surface area contributed by atoms with Gasteiger partial charge >= 0.3 is 0 Å². The highest BCUT2D eigenvalue weighted by molar-refractivity contribution is 7.80. The lowest BCUT2D eigenvalue weighted by atomic mass is 9.82. The molecule has 2 aromatic rings. The first kappa shape index (κ1) is 19.8. The summed E-state index contributed by atoms with van der Waals surface area (Å²) in [6, 6.07) is 3.83. The van der Waals surface area contributed by atoms with Crippen LogP contribution in [-0.4, -0.2) is 45.3 Å². The van der Waals surface area contributed by atoms with Gasteiger partial charge in [-0.1, -0.05) is 24.9 Å². The molecule has 2 aliphatic heterocycles. The third-order valence-electron chi connectivity index (χ3n) is 6.00. The van der Waals surface area contributed by atoms with Crippen molar-refractivity contribution in [3.8, 4) is 10.8 Å². The summed E-state index contributed by atoms with van der Waals surface area (Å²) in [7, 11) is 2.28. The van der Waals surface area contributed by atoms with Crippen molar-refractivity contribution in [2.75, 3.05) is 12.4 Å². The van der Waals surface area contributed by atoms with Gasteiger partial charge < -0.3 is 20.1 Å². The van der Waals surface area contributed by atoms with Gasteiger partial charge in [-0.3, -0.25) is 0 Å². The summed E-state index contributed by atoms with van der Waals surface area (Å²) >= 11 is 7.21. The van der Waals surface area contributed by atoms with Gasteiger partial charge in [0.1, 0.15) is 4.88 Å². The summed E-state index contributed by atoms with van der Waals surface area (Å²) in [4.78, 5) is 8.06. The summed E-state index contributed by atoms with van der Waals surface area (Å²) in [6.07, 6.45) is 9.33. The zero-order valence-electron chi connectivity index (χ0n) is 16.6. The Kier molecular flexibility index (Phi) is 6.28. The van der Waals surface area contributed by atoms with Crippen molar-refractivity contribution < 1.29 is 4.52 Å². The van der Waals surface area contributed by atoms with E-state index in [1.54, 1.807) is 11.3 Å². The first-order valence-electron chi connectivity index (χ1n) is 10.3. The number of rotatable bonds is 6. The number of hydrogen-bond acceptors (Lipinski definition) is 6. The molecule has 0 spiro atoms.